The summed E-state index contributed by atoms with van der Waals surface area (Å²) < 4.78 is 13.1. The highest BCUT2D eigenvalue weighted by Gasteiger charge is 2.16. The number of furan rings is 1. The third-order valence-corrected chi connectivity index (χ3v) is 3.67. The minimum absolute atomic E-state index is 0.0662. The minimum atomic E-state index is -0.227. The Kier molecular flexibility index (Phi) is 4.79. The standard InChI is InChI=1S/C17H20N4O3/c1-3-23-14-6-4-5-13-9-15(24-17(13)14)12(2)20-16(22)7-8-21-11-18-10-19-21/h4-6,9-12H,3,7-8H2,1-2H3,(H,20,22). The lowest BCUT2D eigenvalue weighted by atomic mass is 10.2. The van der Waals surface area contributed by atoms with Crippen LogP contribution >= 0.6 is 0 Å². The number of aromatic nitrogens is 3. The molecule has 0 saturated heterocycles. The van der Waals surface area contributed by atoms with Gasteiger partial charge in [0.25, 0.3) is 0 Å². The molecule has 0 radical (unpaired) electrons. The first-order valence-electron chi connectivity index (χ1n) is 7.94. The SMILES string of the molecule is CCOc1cccc2cc(C(C)NC(=O)CCn3cncn3)oc12. The molecule has 7 nitrogen and oxygen atoms in total. The van der Waals surface area contributed by atoms with Crippen molar-refractivity contribution >= 4 is 16.9 Å². The Morgan fingerprint density at radius 3 is 3.08 bits per heavy atom. The van der Waals surface area contributed by atoms with Crippen LogP contribution in [0.4, 0.5) is 0 Å². The number of nitrogens with zero attached hydrogens (tertiary/aromatic N) is 3. The Balaban J connectivity index is 1.66. The van der Waals surface area contributed by atoms with Gasteiger partial charge in [0, 0.05) is 11.8 Å². The van der Waals surface area contributed by atoms with Crippen molar-refractivity contribution < 1.29 is 13.9 Å². The van der Waals surface area contributed by atoms with Gasteiger partial charge in [-0.05, 0) is 26.0 Å². The molecule has 0 aliphatic rings. The Labute approximate surface area is 139 Å². The van der Waals surface area contributed by atoms with Crippen LogP contribution in [-0.4, -0.2) is 27.3 Å². The molecule has 2 heterocycles. The molecule has 1 amide bonds. The Morgan fingerprint density at radius 1 is 1.46 bits per heavy atom. The molecular weight excluding hydrogens is 308 g/mol. The van der Waals surface area contributed by atoms with E-state index in [0.717, 1.165) is 5.39 Å². The number of aryl methyl sites for hydroxylation is 1. The molecule has 24 heavy (non-hydrogen) atoms. The predicted molar refractivity (Wildman–Crippen MR) is 88.6 cm³/mol. The third kappa shape index (κ3) is 3.56. The van der Waals surface area contributed by atoms with Gasteiger partial charge in [-0.2, -0.15) is 5.10 Å². The lowest BCUT2D eigenvalue weighted by Gasteiger charge is -2.11. The molecule has 1 aromatic carbocycles. The van der Waals surface area contributed by atoms with E-state index in [1.54, 1.807) is 11.0 Å². The summed E-state index contributed by atoms with van der Waals surface area (Å²) in [5.74, 6) is 1.35. The maximum absolute atomic E-state index is 12.1. The average Bonchev–Trinajstić information content (AvgIpc) is 3.23. The number of para-hydroxylation sites is 1. The molecule has 0 bridgehead atoms. The van der Waals surface area contributed by atoms with E-state index < -0.39 is 0 Å². The summed E-state index contributed by atoms with van der Waals surface area (Å²) in [6, 6.07) is 7.47. The van der Waals surface area contributed by atoms with Crippen LogP contribution in [0.1, 0.15) is 32.1 Å². The number of hydrogen-bond acceptors (Lipinski definition) is 5. The molecule has 0 aliphatic heterocycles. The van der Waals surface area contributed by atoms with Crippen LogP contribution in [0.3, 0.4) is 0 Å². The van der Waals surface area contributed by atoms with Crippen molar-refractivity contribution in [2.45, 2.75) is 32.9 Å². The van der Waals surface area contributed by atoms with Crippen LogP contribution in [-0.2, 0) is 11.3 Å². The van der Waals surface area contributed by atoms with Crippen LogP contribution in [0.5, 0.6) is 5.75 Å². The molecule has 3 rings (SSSR count). The number of nitrogens with one attached hydrogen (secondary N) is 1. The number of benzene rings is 1. The Bertz CT molecular complexity index is 810. The van der Waals surface area contributed by atoms with Gasteiger partial charge in [0.1, 0.15) is 18.4 Å². The summed E-state index contributed by atoms with van der Waals surface area (Å²) in [6.07, 6.45) is 3.37. The van der Waals surface area contributed by atoms with Gasteiger partial charge in [0.2, 0.25) is 5.91 Å². The van der Waals surface area contributed by atoms with Crippen LogP contribution in [0.2, 0.25) is 0 Å². The highest BCUT2D eigenvalue weighted by atomic mass is 16.5. The number of carbonyl (C=O) groups excluding carboxylic acids is 1. The maximum Gasteiger partial charge on any atom is 0.222 e. The smallest absolute Gasteiger partial charge is 0.222 e. The van der Waals surface area contributed by atoms with E-state index in [0.29, 0.717) is 36.7 Å². The summed E-state index contributed by atoms with van der Waals surface area (Å²) in [6.45, 7) is 4.89. The fourth-order valence-corrected chi connectivity index (χ4v) is 2.49. The number of amides is 1. The van der Waals surface area contributed by atoms with E-state index in [-0.39, 0.29) is 11.9 Å². The van der Waals surface area contributed by atoms with Gasteiger partial charge in [-0.1, -0.05) is 12.1 Å². The lowest BCUT2D eigenvalue weighted by molar-refractivity contribution is -0.122. The van der Waals surface area contributed by atoms with Gasteiger partial charge in [-0.15, -0.1) is 0 Å². The van der Waals surface area contributed by atoms with E-state index in [1.807, 2.05) is 38.1 Å². The fourth-order valence-electron chi connectivity index (χ4n) is 2.49. The molecule has 0 saturated carbocycles. The zero-order chi connectivity index (χ0) is 16.9. The van der Waals surface area contributed by atoms with Crippen LogP contribution in [0.25, 0.3) is 11.0 Å². The number of fused-ring (bicyclic) bond motifs is 1. The molecule has 126 valence electrons. The van der Waals surface area contributed by atoms with Crippen LogP contribution < -0.4 is 10.1 Å². The summed E-state index contributed by atoms with van der Waals surface area (Å²) >= 11 is 0. The van der Waals surface area contributed by atoms with Crippen molar-refractivity contribution in [3.05, 3.63) is 42.7 Å². The zero-order valence-electron chi connectivity index (χ0n) is 13.7. The van der Waals surface area contributed by atoms with Gasteiger partial charge in [0.15, 0.2) is 11.3 Å². The largest absolute Gasteiger partial charge is 0.490 e. The molecule has 3 aromatic rings. The molecule has 0 aliphatic carbocycles. The first-order valence-corrected chi connectivity index (χ1v) is 7.94. The summed E-state index contributed by atoms with van der Waals surface area (Å²) in [5, 5.41) is 7.87. The normalized spacial score (nSPS) is 12.2. The number of carbonyl (C=O) groups is 1. The van der Waals surface area contributed by atoms with Crippen molar-refractivity contribution in [1.29, 1.82) is 0 Å². The second kappa shape index (κ2) is 7.16. The first-order chi connectivity index (χ1) is 11.7. The van der Waals surface area contributed by atoms with Crippen LogP contribution in [0.15, 0.2) is 41.3 Å². The van der Waals surface area contributed by atoms with Crippen molar-refractivity contribution in [2.24, 2.45) is 0 Å². The topological polar surface area (TPSA) is 82.2 Å². The average molecular weight is 328 g/mol. The van der Waals surface area contributed by atoms with Gasteiger partial charge >= 0.3 is 0 Å². The number of ether oxygens (including phenoxy) is 1. The Hall–Kier alpha value is -2.83. The van der Waals surface area contributed by atoms with Crippen molar-refractivity contribution in [3.63, 3.8) is 0 Å². The first kappa shape index (κ1) is 16.0. The Morgan fingerprint density at radius 2 is 2.33 bits per heavy atom. The van der Waals surface area contributed by atoms with E-state index >= 15 is 0 Å². The zero-order valence-corrected chi connectivity index (χ0v) is 13.7. The summed E-state index contributed by atoms with van der Waals surface area (Å²) in [7, 11) is 0. The van der Waals surface area contributed by atoms with E-state index in [9.17, 15) is 4.79 Å². The van der Waals surface area contributed by atoms with Crippen molar-refractivity contribution in [2.75, 3.05) is 6.61 Å². The minimum Gasteiger partial charge on any atom is -0.490 e. The van der Waals surface area contributed by atoms with Crippen molar-refractivity contribution in [1.82, 2.24) is 20.1 Å². The van der Waals surface area contributed by atoms with Crippen LogP contribution in [0, 0.1) is 0 Å². The predicted octanol–water partition coefficient (Wildman–Crippen LogP) is 2.69. The third-order valence-electron chi connectivity index (χ3n) is 3.67. The molecular formula is C17H20N4O3. The van der Waals surface area contributed by atoms with E-state index in [2.05, 4.69) is 15.4 Å². The highest BCUT2D eigenvalue weighted by molar-refractivity contribution is 5.84. The number of rotatable bonds is 7. The van der Waals surface area contributed by atoms with Gasteiger partial charge < -0.3 is 14.5 Å². The highest BCUT2D eigenvalue weighted by Crippen LogP contribution is 2.31. The lowest BCUT2D eigenvalue weighted by Crippen LogP contribution is -2.27. The molecule has 0 fully saturated rings. The molecule has 0 spiro atoms. The molecule has 2 aromatic heterocycles. The molecule has 7 heteroatoms. The monoisotopic (exact) mass is 328 g/mol. The molecule has 1 unspecified atom stereocenters. The van der Waals surface area contributed by atoms with E-state index in [1.165, 1.54) is 6.33 Å². The van der Waals surface area contributed by atoms with E-state index in [4.69, 9.17) is 9.15 Å². The van der Waals surface area contributed by atoms with Gasteiger partial charge in [0.05, 0.1) is 19.2 Å². The quantitative estimate of drug-likeness (QED) is 0.721. The second-order valence-corrected chi connectivity index (χ2v) is 5.45. The molecule has 1 N–H and O–H groups in total. The summed E-state index contributed by atoms with van der Waals surface area (Å²) in [4.78, 5) is 15.9. The second-order valence-electron chi connectivity index (χ2n) is 5.45. The fraction of sp³-hybridized carbons (Fsp3) is 0.353. The summed E-state index contributed by atoms with van der Waals surface area (Å²) in [5.41, 5.74) is 0.707. The number of hydrogen-bond donors (Lipinski definition) is 1. The van der Waals surface area contributed by atoms with Crippen molar-refractivity contribution in [3.8, 4) is 5.75 Å². The maximum atomic E-state index is 12.1. The van der Waals surface area contributed by atoms with Gasteiger partial charge in [-0.3, -0.25) is 9.48 Å². The molecule has 1 atom stereocenters. The van der Waals surface area contributed by atoms with Gasteiger partial charge in [-0.25, -0.2) is 4.98 Å².